The minimum atomic E-state index is -4.58. The van der Waals surface area contributed by atoms with E-state index in [4.69, 9.17) is 4.74 Å². The molecule has 2 aromatic rings. The summed E-state index contributed by atoms with van der Waals surface area (Å²) in [7, 11) is 3.59. The van der Waals surface area contributed by atoms with E-state index in [1.165, 1.54) is 24.3 Å². The summed E-state index contributed by atoms with van der Waals surface area (Å²) in [5.41, 5.74) is -2.30. The first-order chi connectivity index (χ1) is 10.9. The predicted octanol–water partition coefficient (Wildman–Crippen LogP) is 4.07. The number of ether oxygens (including phenoxy) is 1. The maximum absolute atomic E-state index is 14.1. The van der Waals surface area contributed by atoms with Crippen molar-refractivity contribution in [1.29, 1.82) is 0 Å². The summed E-state index contributed by atoms with van der Waals surface area (Å²) in [6, 6.07) is 15.6. The Labute approximate surface area is 134 Å². The largest absolute Gasteiger partial charge is 0.426 e. The zero-order valence-electron chi connectivity index (χ0n) is 13.2. The third-order valence-corrected chi connectivity index (χ3v) is 3.62. The second-order valence-electron chi connectivity index (χ2n) is 5.56. The van der Waals surface area contributed by atoms with E-state index in [1.54, 1.807) is 55.4 Å². The smallest absolute Gasteiger partial charge is 0.355 e. The molecular formula is C18H20F3NO. The summed E-state index contributed by atoms with van der Waals surface area (Å²) < 4.78 is 47.9. The molecule has 0 radical (unpaired) electrons. The number of alkyl halides is 3. The Morgan fingerprint density at radius 1 is 0.826 bits per heavy atom. The van der Waals surface area contributed by atoms with Crippen LogP contribution in [0.15, 0.2) is 60.7 Å². The lowest BCUT2D eigenvalue weighted by molar-refractivity contribution is -0.267. The van der Waals surface area contributed by atoms with Gasteiger partial charge in [0.25, 0.3) is 0 Å². The van der Waals surface area contributed by atoms with Crippen molar-refractivity contribution in [3.63, 3.8) is 0 Å². The fraction of sp³-hybridized carbons (Fsp3) is 0.333. The molecule has 0 atom stereocenters. The van der Waals surface area contributed by atoms with E-state index in [1.807, 2.05) is 0 Å². The Morgan fingerprint density at radius 2 is 1.26 bits per heavy atom. The molecule has 0 fully saturated rings. The first kappa shape index (κ1) is 17.5. The van der Waals surface area contributed by atoms with Gasteiger partial charge in [0.05, 0.1) is 6.61 Å². The summed E-state index contributed by atoms with van der Waals surface area (Å²) in [5.74, 6) is 0. The molecule has 2 nitrogen and oxygen atoms in total. The number of nitrogens with zero attached hydrogens (tertiary/aromatic N) is 1. The minimum absolute atomic E-state index is 0.0314. The lowest BCUT2D eigenvalue weighted by Gasteiger charge is -2.37. The van der Waals surface area contributed by atoms with Crippen molar-refractivity contribution in [2.45, 2.75) is 11.8 Å². The Hall–Kier alpha value is -1.85. The number of hydrogen-bond acceptors (Lipinski definition) is 2. The van der Waals surface area contributed by atoms with Gasteiger partial charge in [0.15, 0.2) is 0 Å². The number of likely N-dealkylation sites (N-methyl/N-ethyl adjacent to an activating group) is 1. The zero-order chi connectivity index (χ0) is 16.9. The fourth-order valence-corrected chi connectivity index (χ4v) is 2.47. The van der Waals surface area contributed by atoms with Gasteiger partial charge in [-0.3, -0.25) is 0 Å². The number of hydrogen-bond donors (Lipinski definition) is 0. The highest BCUT2D eigenvalue weighted by atomic mass is 19.4. The maximum atomic E-state index is 14.1. The van der Waals surface area contributed by atoms with E-state index in [0.717, 1.165) is 0 Å². The van der Waals surface area contributed by atoms with Gasteiger partial charge in [-0.25, -0.2) is 0 Å². The molecule has 0 bridgehead atoms. The predicted molar refractivity (Wildman–Crippen MR) is 84.2 cm³/mol. The van der Waals surface area contributed by atoms with E-state index in [2.05, 4.69) is 0 Å². The summed E-state index contributed by atoms with van der Waals surface area (Å²) >= 11 is 0. The quantitative estimate of drug-likeness (QED) is 0.794. The molecule has 5 heteroatoms. The third kappa shape index (κ3) is 3.74. The van der Waals surface area contributed by atoms with Crippen molar-refractivity contribution < 1.29 is 17.9 Å². The molecule has 0 aromatic heterocycles. The topological polar surface area (TPSA) is 12.5 Å². The third-order valence-electron chi connectivity index (χ3n) is 3.62. The lowest BCUT2D eigenvalue weighted by atomic mass is 9.85. The molecular weight excluding hydrogens is 303 g/mol. The molecule has 0 aliphatic heterocycles. The Balaban J connectivity index is 2.55. The molecule has 0 spiro atoms. The average molecular weight is 323 g/mol. The minimum Gasteiger partial charge on any atom is -0.355 e. The number of halogens is 3. The summed E-state index contributed by atoms with van der Waals surface area (Å²) in [5, 5.41) is 0. The highest BCUT2D eigenvalue weighted by Crippen LogP contribution is 2.47. The van der Waals surface area contributed by atoms with Gasteiger partial charge in [-0.05, 0) is 25.2 Å². The molecule has 23 heavy (non-hydrogen) atoms. The van der Waals surface area contributed by atoms with Gasteiger partial charge < -0.3 is 9.64 Å². The van der Waals surface area contributed by atoms with Gasteiger partial charge in [0, 0.05) is 6.54 Å². The summed E-state index contributed by atoms with van der Waals surface area (Å²) in [6.07, 6.45) is -4.58. The van der Waals surface area contributed by atoms with Crippen molar-refractivity contribution in [3.05, 3.63) is 71.8 Å². The second-order valence-corrected chi connectivity index (χ2v) is 5.56. The van der Waals surface area contributed by atoms with Gasteiger partial charge >= 0.3 is 6.18 Å². The molecule has 124 valence electrons. The van der Waals surface area contributed by atoms with E-state index >= 15 is 0 Å². The molecule has 0 aliphatic carbocycles. The van der Waals surface area contributed by atoms with Crippen LogP contribution in [0.2, 0.25) is 0 Å². The van der Waals surface area contributed by atoms with Crippen LogP contribution in [-0.4, -0.2) is 38.3 Å². The summed E-state index contributed by atoms with van der Waals surface area (Å²) in [6.45, 7) is 0.369. The molecule has 0 saturated carbocycles. The molecule has 0 unspecified atom stereocenters. The molecule has 0 N–H and O–H groups in total. The molecule has 0 saturated heterocycles. The monoisotopic (exact) mass is 323 g/mol. The van der Waals surface area contributed by atoms with Gasteiger partial charge in [-0.15, -0.1) is 0 Å². The van der Waals surface area contributed by atoms with Gasteiger partial charge in [-0.1, -0.05) is 60.7 Å². The first-order valence-corrected chi connectivity index (χ1v) is 7.34. The van der Waals surface area contributed by atoms with Crippen LogP contribution in [0.5, 0.6) is 0 Å². The van der Waals surface area contributed by atoms with Crippen LogP contribution in [0.25, 0.3) is 0 Å². The standard InChI is InChI=1S/C18H20F3NO/c1-22(2)13-14-23-17(18(19,20)21,15-9-5-3-6-10-15)16-11-7-4-8-12-16/h3-12H,13-14H2,1-2H3. The van der Waals surface area contributed by atoms with Gasteiger partial charge in [0.2, 0.25) is 5.60 Å². The highest BCUT2D eigenvalue weighted by molar-refractivity contribution is 5.38. The van der Waals surface area contributed by atoms with Crippen molar-refractivity contribution in [2.24, 2.45) is 0 Å². The second kappa shape index (κ2) is 7.15. The van der Waals surface area contributed by atoms with Gasteiger partial charge in [-0.2, -0.15) is 13.2 Å². The van der Waals surface area contributed by atoms with E-state index in [0.29, 0.717) is 6.54 Å². The van der Waals surface area contributed by atoms with Crippen molar-refractivity contribution in [1.82, 2.24) is 4.90 Å². The Bertz CT molecular complexity index is 557. The van der Waals surface area contributed by atoms with Gasteiger partial charge in [0.1, 0.15) is 0 Å². The maximum Gasteiger partial charge on any atom is 0.426 e. The molecule has 0 aliphatic rings. The van der Waals surface area contributed by atoms with Crippen LogP contribution < -0.4 is 0 Å². The average Bonchev–Trinajstić information content (AvgIpc) is 2.52. The number of benzene rings is 2. The van der Waals surface area contributed by atoms with E-state index < -0.39 is 11.8 Å². The van der Waals surface area contributed by atoms with Crippen molar-refractivity contribution in [3.8, 4) is 0 Å². The van der Waals surface area contributed by atoms with Crippen LogP contribution in [0, 0.1) is 0 Å². The zero-order valence-corrected chi connectivity index (χ0v) is 13.2. The van der Waals surface area contributed by atoms with Crippen LogP contribution in [0.3, 0.4) is 0 Å². The Morgan fingerprint density at radius 3 is 1.61 bits per heavy atom. The molecule has 0 heterocycles. The first-order valence-electron chi connectivity index (χ1n) is 7.34. The lowest BCUT2D eigenvalue weighted by Crippen LogP contribution is -2.47. The fourth-order valence-electron chi connectivity index (χ4n) is 2.47. The highest BCUT2D eigenvalue weighted by Gasteiger charge is 2.58. The number of rotatable bonds is 6. The van der Waals surface area contributed by atoms with E-state index in [9.17, 15) is 13.2 Å². The molecule has 0 amide bonds. The Kier molecular flexibility index (Phi) is 5.44. The SMILES string of the molecule is CN(C)CCOC(c1ccccc1)(c1ccccc1)C(F)(F)F. The molecule has 2 aromatic carbocycles. The van der Waals surface area contributed by atoms with Crippen molar-refractivity contribution in [2.75, 3.05) is 27.2 Å². The van der Waals surface area contributed by atoms with Crippen LogP contribution in [0.4, 0.5) is 13.2 Å². The van der Waals surface area contributed by atoms with Crippen LogP contribution >= 0.6 is 0 Å². The van der Waals surface area contributed by atoms with Crippen LogP contribution in [0.1, 0.15) is 11.1 Å². The van der Waals surface area contributed by atoms with Crippen molar-refractivity contribution >= 4 is 0 Å². The summed E-state index contributed by atoms with van der Waals surface area (Å²) in [4.78, 5) is 1.79. The van der Waals surface area contributed by atoms with E-state index in [-0.39, 0.29) is 17.7 Å². The van der Waals surface area contributed by atoms with Crippen LogP contribution in [-0.2, 0) is 10.3 Å². The normalized spacial score (nSPS) is 12.6. The molecule has 2 rings (SSSR count).